The Morgan fingerprint density at radius 3 is 2.67 bits per heavy atom. The minimum absolute atomic E-state index is 0.00558. The van der Waals surface area contributed by atoms with Crippen LogP contribution in [0.25, 0.3) is 0 Å². The highest BCUT2D eigenvalue weighted by atomic mass is 32.2. The van der Waals surface area contributed by atoms with Crippen LogP contribution in [0.2, 0.25) is 0 Å². The van der Waals surface area contributed by atoms with Crippen LogP contribution in [-0.4, -0.2) is 40.9 Å². The fourth-order valence-corrected chi connectivity index (χ4v) is 2.88. The third-order valence-electron chi connectivity index (χ3n) is 3.45. The van der Waals surface area contributed by atoms with Crippen LogP contribution >= 0.6 is 11.8 Å². The molecule has 1 aliphatic rings. The molecule has 0 aromatic carbocycles. The molecule has 21 heavy (non-hydrogen) atoms. The van der Waals surface area contributed by atoms with Crippen LogP contribution in [0.15, 0.2) is 23.4 Å². The SMILES string of the molecule is NCC1CCN(C(=O)c2cccnc2SC(F)(F)F)CC1. The topological polar surface area (TPSA) is 59.2 Å². The number of nitrogens with two attached hydrogens (primary N) is 1. The number of carbonyl (C=O) groups is 1. The predicted molar refractivity (Wildman–Crippen MR) is 73.8 cm³/mol. The first-order valence-electron chi connectivity index (χ1n) is 6.61. The number of hydrogen-bond donors (Lipinski definition) is 1. The molecule has 0 bridgehead atoms. The van der Waals surface area contributed by atoms with Gasteiger partial charge in [0.15, 0.2) is 0 Å². The number of halogens is 3. The van der Waals surface area contributed by atoms with Gasteiger partial charge in [-0.1, -0.05) is 0 Å². The molecule has 2 rings (SSSR count). The van der Waals surface area contributed by atoms with Gasteiger partial charge in [0.2, 0.25) is 0 Å². The van der Waals surface area contributed by atoms with Crippen LogP contribution < -0.4 is 5.73 Å². The number of thioether (sulfide) groups is 1. The molecule has 1 saturated heterocycles. The summed E-state index contributed by atoms with van der Waals surface area (Å²) in [5.74, 6) is -0.0164. The van der Waals surface area contributed by atoms with Crippen molar-refractivity contribution in [3.63, 3.8) is 0 Å². The fourth-order valence-electron chi connectivity index (χ4n) is 2.29. The molecule has 1 aliphatic heterocycles. The summed E-state index contributed by atoms with van der Waals surface area (Å²) in [7, 11) is 0. The van der Waals surface area contributed by atoms with Crippen molar-refractivity contribution >= 4 is 17.7 Å². The number of hydrogen-bond acceptors (Lipinski definition) is 4. The van der Waals surface area contributed by atoms with Crippen LogP contribution in [0, 0.1) is 5.92 Å². The van der Waals surface area contributed by atoms with Crippen molar-refractivity contribution in [2.45, 2.75) is 23.4 Å². The van der Waals surface area contributed by atoms with E-state index in [4.69, 9.17) is 5.73 Å². The number of rotatable bonds is 3. The van der Waals surface area contributed by atoms with E-state index in [-0.39, 0.29) is 22.4 Å². The molecule has 0 saturated carbocycles. The van der Waals surface area contributed by atoms with E-state index in [9.17, 15) is 18.0 Å². The Labute approximate surface area is 124 Å². The second-order valence-electron chi connectivity index (χ2n) is 4.88. The maximum absolute atomic E-state index is 12.5. The lowest BCUT2D eigenvalue weighted by atomic mass is 9.97. The van der Waals surface area contributed by atoms with Gasteiger partial charge in [0.05, 0.1) is 5.56 Å². The minimum Gasteiger partial charge on any atom is -0.339 e. The Morgan fingerprint density at radius 1 is 1.43 bits per heavy atom. The molecule has 0 radical (unpaired) electrons. The predicted octanol–water partition coefficient (Wildman–Crippen LogP) is 2.50. The van der Waals surface area contributed by atoms with Gasteiger partial charge in [0.25, 0.3) is 5.91 Å². The molecule has 0 atom stereocenters. The van der Waals surface area contributed by atoms with E-state index in [1.54, 1.807) is 4.90 Å². The normalized spacial score (nSPS) is 17.0. The third-order valence-corrected chi connectivity index (χ3v) is 4.20. The van der Waals surface area contributed by atoms with Gasteiger partial charge in [-0.05, 0) is 37.4 Å². The summed E-state index contributed by atoms with van der Waals surface area (Å²) < 4.78 is 37.5. The van der Waals surface area contributed by atoms with Crippen molar-refractivity contribution in [3.05, 3.63) is 23.9 Å². The van der Waals surface area contributed by atoms with Gasteiger partial charge < -0.3 is 10.6 Å². The maximum atomic E-state index is 12.5. The number of alkyl halides is 3. The lowest BCUT2D eigenvalue weighted by molar-refractivity contribution is -0.0329. The highest BCUT2D eigenvalue weighted by molar-refractivity contribution is 8.00. The van der Waals surface area contributed by atoms with Gasteiger partial charge in [-0.15, -0.1) is 0 Å². The molecule has 116 valence electrons. The largest absolute Gasteiger partial charge is 0.447 e. The molecular formula is C13H16F3N3OS. The first-order valence-corrected chi connectivity index (χ1v) is 7.42. The lowest BCUT2D eigenvalue weighted by Gasteiger charge is -2.31. The van der Waals surface area contributed by atoms with Crippen LogP contribution in [0.1, 0.15) is 23.2 Å². The average Bonchev–Trinajstić information content (AvgIpc) is 2.45. The summed E-state index contributed by atoms with van der Waals surface area (Å²) in [4.78, 5) is 17.6. The lowest BCUT2D eigenvalue weighted by Crippen LogP contribution is -2.40. The molecule has 0 spiro atoms. The van der Waals surface area contributed by atoms with Gasteiger partial charge in [-0.25, -0.2) is 4.98 Å². The highest BCUT2D eigenvalue weighted by Crippen LogP contribution is 2.37. The fraction of sp³-hybridized carbons (Fsp3) is 0.538. The van der Waals surface area contributed by atoms with E-state index in [2.05, 4.69) is 4.98 Å². The van der Waals surface area contributed by atoms with E-state index < -0.39 is 11.4 Å². The standard InChI is InChI=1S/C13H16F3N3OS/c14-13(15,16)21-11-10(2-1-5-18-11)12(20)19-6-3-9(8-17)4-7-19/h1-2,5,9H,3-4,6-8,17H2. The second-order valence-corrected chi connectivity index (χ2v) is 5.93. The summed E-state index contributed by atoms with van der Waals surface area (Å²) in [6.07, 6.45) is 2.82. The van der Waals surface area contributed by atoms with Crippen LogP contribution in [0.3, 0.4) is 0 Å². The second kappa shape index (κ2) is 6.65. The molecular weight excluding hydrogens is 303 g/mol. The van der Waals surface area contributed by atoms with Crippen molar-refractivity contribution in [2.24, 2.45) is 11.7 Å². The van der Waals surface area contributed by atoms with Gasteiger partial charge in [-0.2, -0.15) is 13.2 Å². The van der Waals surface area contributed by atoms with Crippen LogP contribution in [-0.2, 0) is 0 Å². The highest BCUT2D eigenvalue weighted by Gasteiger charge is 2.33. The van der Waals surface area contributed by atoms with Gasteiger partial charge >= 0.3 is 5.51 Å². The first kappa shape index (κ1) is 16.1. The number of nitrogens with zero attached hydrogens (tertiary/aromatic N) is 2. The quantitative estimate of drug-likeness (QED) is 0.870. The van der Waals surface area contributed by atoms with Crippen LogP contribution in [0.5, 0.6) is 0 Å². The molecule has 2 heterocycles. The van der Waals surface area contributed by atoms with Crippen molar-refractivity contribution in [3.8, 4) is 0 Å². The van der Waals surface area contributed by atoms with Gasteiger partial charge in [0, 0.05) is 31.0 Å². The van der Waals surface area contributed by atoms with E-state index in [1.807, 2.05) is 0 Å². The average molecular weight is 319 g/mol. The van der Waals surface area contributed by atoms with Crippen molar-refractivity contribution in [2.75, 3.05) is 19.6 Å². The van der Waals surface area contributed by atoms with Crippen molar-refractivity contribution in [1.29, 1.82) is 0 Å². The molecule has 1 fully saturated rings. The molecule has 0 aliphatic carbocycles. The minimum atomic E-state index is -4.46. The number of pyridine rings is 1. The summed E-state index contributed by atoms with van der Waals surface area (Å²) in [5, 5.41) is -0.295. The Balaban J connectivity index is 2.13. The Hall–Kier alpha value is -1.28. The molecule has 1 aromatic rings. The van der Waals surface area contributed by atoms with Crippen molar-refractivity contribution < 1.29 is 18.0 Å². The number of amides is 1. The zero-order valence-corrected chi connectivity index (χ0v) is 12.1. The Morgan fingerprint density at radius 2 is 2.10 bits per heavy atom. The van der Waals surface area contributed by atoms with Gasteiger partial charge in [-0.3, -0.25) is 4.79 Å². The molecule has 1 aromatic heterocycles. The van der Waals surface area contributed by atoms with Crippen molar-refractivity contribution in [1.82, 2.24) is 9.88 Å². The molecule has 2 N–H and O–H groups in total. The number of piperidine rings is 1. The van der Waals surface area contributed by atoms with E-state index >= 15 is 0 Å². The summed E-state index contributed by atoms with van der Waals surface area (Å²) >= 11 is -0.354. The number of likely N-dealkylation sites (tertiary alicyclic amines) is 1. The molecule has 1 amide bonds. The van der Waals surface area contributed by atoms with Crippen LogP contribution in [0.4, 0.5) is 13.2 Å². The maximum Gasteiger partial charge on any atom is 0.447 e. The third kappa shape index (κ3) is 4.34. The Bertz CT molecular complexity index is 502. The number of carbonyl (C=O) groups excluding carboxylic acids is 1. The smallest absolute Gasteiger partial charge is 0.339 e. The summed E-state index contributed by atoms with van der Waals surface area (Å²) in [5.41, 5.74) is 1.13. The molecule has 8 heteroatoms. The number of aromatic nitrogens is 1. The zero-order valence-electron chi connectivity index (χ0n) is 11.3. The first-order chi connectivity index (χ1) is 9.90. The summed E-state index contributed by atoms with van der Waals surface area (Å²) in [6, 6.07) is 2.86. The van der Waals surface area contributed by atoms with E-state index in [0.717, 1.165) is 12.8 Å². The Kier molecular flexibility index (Phi) is 5.10. The van der Waals surface area contributed by atoms with Gasteiger partial charge in [0.1, 0.15) is 5.03 Å². The monoisotopic (exact) mass is 319 g/mol. The summed E-state index contributed by atoms with van der Waals surface area (Å²) in [6.45, 7) is 1.61. The zero-order chi connectivity index (χ0) is 15.5. The van der Waals surface area contributed by atoms with E-state index in [0.29, 0.717) is 25.6 Å². The molecule has 4 nitrogen and oxygen atoms in total. The van der Waals surface area contributed by atoms with E-state index in [1.165, 1.54) is 18.3 Å². The molecule has 0 unspecified atom stereocenters.